The smallest absolute Gasteiger partial charge is 0.312 e. The highest BCUT2D eigenvalue weighted by atomic mass is 16.6. The van der Waals surface area contributed by atoms with Crippen LogP contribution in [0.1, 0.15) is 79.6 Å². The van der Waals surface area contributed by atoms with Crippen molar-refractivity contribution in [3.63, 3.8) is 0 Å². The summed E-state index contributed by atoms with van der Waals surface area (Å²) < 4.78 is 6.20. The first-order valence-corrected chi connectivity index (χ1v) is 8.55. The number of hydrogen-bond acceptors (Lipinski definition) is 2. The van der Waals surface area contributed by atoms with Crippen LogP contribution >= 0.6 is 0 Å². The first kappa shape index (κ1) is 15.9. The fourth-order valence-corrected chi connectivity index (χ4v) is 4.35. The van der Waals surface area contributed by atoms with Crippen molar-refractivity contribution in [2.45, 2.75) is 85.2 Å². The molecule has 2 heteroatoms. The molecule has 0 saturated heterocycles. The molecule has 0 aromatic rings. The lowest BCUT2D eigenvalue weighted by molar-refractivity contribution is -0.186. The van der Waals surface area contributed by atoms with Gasteiger partial charge in [-0.15, -0.1) is 0 Å². The van der Waals surface area contributed by atoms with Gasteiger partial charge in [0.1, 0.15) is 5.60 Å². The van der Waals surface area contributed by atoms with Gasteiger partial charge >= 0.3 is 5.97 Å². The Kier molecular flexibility index (Phi) is 4.51. The van der Waals surface area contributed by atoms with Crippen LogP contribution in [0.25, 0.3) is 0 Å². The van der Waals surface area contributed by atoms with Crippen LogP contribution in [0.2, 0.25) is 0 Å². The highest BCUT2D eigenvalue weighted by Gasteiger charge is 2.47. The summed E-state index contributed by atoms with van der Waals surface area (Å²) in [7, 11) is 0. The molecule has 0 heterocycles. The first-order chi connectivity index (χ1) is 9.31. The monoisotopic (exact) mass is 280 g/mol. The van der Waals surface area contributed by atoms with Crippen molar-refractivity contribution >= 4 is 5.97 Å². The van der Waals surface area contributed by atoms with Gasteiger partial charge in [0.05, 0.1) is 5.41 Å². The lowest BCUT2D eigenvalue weighted by Gasteiger charge is -2.48. The SMILES string of the molecule is CCC(C)(C(=O)OC12CCCC(CC(C)C1)C2)C(C)C. The first-order valence-electron chi connectivity index (χ1n) is 8.55. The van der Waals surface area contributed by atoms with E-state index in [0.717, 1.165) is 31.6 Å². The molecule has 2 fully saturated rings. The second-order valence-corrected chi connectivity index (χ2v) is 8.01. The standard InChI is InChI=1S/C18H32O2/c1-6-17(5,13(2)3)16(19)20-18-9-7-8-15(12-18)10-14(4)11-18/h13-15H,6-12H2,1-5H3. The number of rotatable bonds is 4. The van der Waals surface area contributed by atoms with Crippen molar-refractivity contribution in [3.8, 4) is 0 Å². The fraction of sp³-hybridized carbons (Fsp3) is 0.944. The van der Waals surface area contributed by atoms with Gasteiger partial charge in [0.2, 0.25) is 0 Å². The maximum absolute atomic E-state index is 12.8. The van der Waals surface area contributed by atoms with Crippen LogP contribution in [-0.2, 0) is 9.53 Å². The Balaban J connectivity index is 2.13. The van der Waals surface area contributed by atoms with Crippen molar-refractivity contribution in [1.82, 2.24) is 0 Å². The van der Waals surface area contributed by atoms with Gasteiger partial charge in [-0.1, -0.05) is 34.1 Å². The number of carbonyl (C=O) groups is 1. The third kappa shape index (κ3) is 2.89. The summed E-state index contributed by atoms with van der Waals surface area (Å²) in [4.78, 5) is 12.8. The number of esters is 1. The van der Waals surface area contributed by atoms with Gasteiger partial charge < -0.3 is 4.74 Å². The highest BCUT2D eigenvalue weighted by molar-refractivity contribution is 5.77. The zero-order chi connectivity index (χ0) is 15.0. The molecule has 4 atom stereocenters. The molecule has 20 heavy (non-hydrogen) atoms. The van der Waals surface area contributed by atoms with E-state index in [0.29, 0.717) is 11.8 Å². The molecule has 2 aliphatic rings. The molecule has 0 aromatic carbocycles. The maximum atomic E-state index is 12.8. The Morgan fingerprint density at radius 1 is 1.40 bits per heavy atom. The molecule has 0 N–H and O–H groups in total. The van der Waals surface area contributed by atoms with Crippen LogP contribution < -0.4 is 0 Å². The number of ether oxygens (including phenoxy) is 1. The Bertz CT molecular complexity index is 358. The molecule has 2 rings (SSSR count). The zero-order valence-electron chi connectivity index (χ0n) is 14.0. The Hall–Kier alpha value is -0.530. The average Bonchev–Trinajstić information content (AvgIpc) is 2.36. The second kappa shape index (κ2) is 5.69. The topological polar surface area (TPSA) is 26.3 Å². The average molecular weight is 280 g/mol. The van der Waals surface area contributed by atoms with E-state index < -0.39 is 0 Å². The van der Waals surface area contributed by atoms with Gasteiger partial charge in [-0.25, -0.2) is 0 Å². The molecule has 0 amide bonds. The van der Waals surface area contributed by atoms with E-state index in [4.69, 9.17) is 4.74 Å². The summed E-state index contributed by atoms with van der Waals surface area (Å²) in [6.45, 7) is 10.8. The number of hydrogen-bond donors (Lipinski definition) is 0. The van der Waals surface area contributed by atoms with Gasteiger partial charge in [0.15, 0.2) is 0 Å². The van der Waals surface area contributed by atoms with Gasteiger partial charge in [-0.2, -0.15) is 0 Å². The molecule has 0 aromatic heterocycles. The van der Waals surface area contributed by atoms with Crippen molar-refractivity contribution in [1.29, 1.82) is 0 Å². The van der Waals surface area contributed by atoms with Gasteiger partial charge in [0, 0.05) is 0 Å². The Morgan fingerprint density at radius 3 is 2.70 bits per heavy atom. The van der Waals surface area contributed by atoms with Gasteiger partial charge in [-0.05, 0) is 63.2 Å². The van der Waals surface area contributed by atoms with Crippen molar-refractivity contribution in [2.75, 3.05) is 0 Å². The summed E-state index contributed by atoms with van der Waals surface area (Å²) in [5.41, 5.74) is -0.467. The third-order valence-corrected chi connectivity index (χ3v) is 6.15. The molecule has 0 spiro atoms. The fourth-order valence-electron chi connectivity index (χ4n) is 4.35. The van der Waals surface area contributed by atoms with Gasteiger partial charge in [0.25, 0.3) is 0 Å². The predicted molar refractivity (Wildman–Crippen MR) is 82.4 cm³/mol. The molecule has 4 unspecified atom stereocenters. The maximum Gasteiger partial charge on any atom is 0.312 e. The summed E-state index contributed by atoms with van der Waals surface area (Å²) in [5, 5.41) is 0. The predicted octanol–water partition coefficient (Wildman–Crippen LogP) is 4.96. The zero-order valence-corrected chi connectivity index (χ0v) is 14.0. The van der Waals surface area contributed by atoms with Crippen LogP contribution in [0.5, 0.6) is 0 Å². The van der Waals surface area contributed by atoms with Crippen LogP contribution in [0, 0.1) is 23.2 Å². The van der Waals surface area contributed by atoms with E-state index in [1.165, 1.54) is 19.3 Å². The second-order valence-electron chi connectivity index (χ2n) is 8.01. The van der Waals surface area contributed by atoms with E-state index in [1.54, 1.807) is 0 Å². The molecule has 2 bridgehead atoms. The molecule has 2 aliphatic carbocycles. The molecule has 0 aliphatic heterocycles. The van der Waals surface area contributed by atoms with Crippen molar-refractivity contribution in [2.24, 2.45) is 23.2 Å². The number of fused-ring (bicyclic) bond motifs is 2. The van der Waals surface area contributed by atoms with E-state index in [9.17, 15) is 4.79 Å². The minimum atomic E-state index is -0.331. The highest BCUT2D eigenvalue weighted by Crippen LogP contribution is 2.48. The number of carbonyl (C=O) groups excluding carboxylic acids is 1. The summed E-state index contributed by atoms with van der Waals surface area (Å²) in [6, 6.07) is 0. The minimum absolute atomic E-state index is 0.0461. The third-order valence-electron chi connectivity index (χ3n) is 6.15. The minimum Gasteiger partial charge on any atom is -0.459 e. The van der Waals surface area contributed by atoms with Crippen molar-refractivity contribution < 1.29 is 9.53 Å². The summed E-state index contributed by atoms with van der Waals surface area (Å²) >= 11 is 0. The Labute approximate surface area is 124 Å². The van der Waals surface area contributed by atoms with E-state index in [2.05, 4.69) is 34.6 Å². The summed E-state index contributed by atoms with van der Waals surface area (Å²) in [6.07, 6.45) is 8.02. The van der Waals surface area contributed by atoms with E-state index >= 15 is 0 Å². The van der Waals surface area contributed by atoms with Crippen LogP contribution in [0.15, 0.2) is 0 Å². The van der Waals surface area contributed by atoms with Crippen LogP contribution in [-0.4, -0.2) is 11.6 Å². The molecule has 2 saturated carbocycles. The molecular formula is C18H32O2. The van der Waals surface area contributed by atoms with E-state index in [1.807, 2.05) is 0 Å². The lowest BCUT2D eigenvalue weighted by Crippen LogP contribution is -2.48. The summed E-state index contributed by atoms with van der Waals surface area (Å²) in [5.74, 6) is 1.86. The molecular weight excluding hydrogens is 248 g/mol. The normalized spacial score (nSPS) is 36.5. The Morgan fingerprint density at radius 2 is 2.10 bits per heavy atom. The largest absolute Gasteiger partial charge is 0.459 e. The van der Waals surface area contributed by atoms with Crippen LogP contribution in [0.4, 0.5) is 0 Å². The lowest BCUT2D eigenvalue weighted by atomic mass is 9.65. The quantitative estimate of drug-likeness (QED) is 0.680. The van der Waals surface area contributed by atoms with Crippen LogP contribution in [0.3, 0.4) is 0 Å². The molecule has 116 valence electrons. The molecule has 2 nitrogen and oxygen atoms in total. The molecule has 0 radical (unpaired) electrons. The van der Waals surface area contributed by atoms with E-state index in [-0.39, 0.29) is 17.0 Å². The van der Waals surface area contributed by atoms with Crippen molar-refractivity contribution in [3.05, 3.63) is 0 Å². The van der Waals surface area contributed by atoms with Gasteiger partial charge in [-0.3, -0.25) is 4.79 Å².